The second-order valence-electron chi connectivity index (χ2n) is 5.94. The van der Waals surface area contributed by atoms with Crippen LogP contribution in [0.3, 0.4) is 0 Å². The smallest absolute Gasteiger partial charge is 0.255 e. The van der Waals surface area contributed by atoms with Gasteiger partial charge in [-0.3, -0.25) is 4.79 Å². The molecular formula is C21H23N3O3. The molecule has 0 bridgehead atoms. The van der Waals surface area contributed by atoms with E-state index in [2.05, 4.69) is 10.4 Å². The van der Waals surface area contributed by atoms with Crippen molar-refractivity contribution in [3.8, 4) is 17.2 Å². The van der Waals surface area contributed by atoms with Crippen LogP contribution in [0, 0.1) is 0 Å². The van der Waals surface area contributed by atoms with Crippen LogP contribution >= 0.6 is 0 Å². The van der Waals surface area contributed by atoms with Crippen LogP contribution < -0.4 is 14.8 Å². The first-order chi connectivity index (χ1) is 13.2. The first kappa shape index (κ1) is 18.5. The van der Waals surface area contributed by atoms with Crippen molar-refractivity contribution < 1.29 is 14.3 Å². The number of nitrogens with one attached hydrogen (secondary N) is 1. The van der Waals surface area contributed by atoms with Crippen molar-refractivity contribution in [3.05, 3.63) is 71.5 Å². The zero-order valence-electron chi connectivity index (χ0n) is 15.7. The lowest BCUT2D eigenvalue weighted by molar-refractivity contribution is 0.0949. The van der Waals surface area contributed by atoms with Gasteiger partial charge in [-0.05, 0) is 24.6 Å². The normalized spacial score (nSPS) is 10.5. The third-order valence-corrected chi connectivity index (χ3v) is 4.37. The number of methoxy groups -OCH3 is 2. The second-order valence-corrected chi connectivity index (χ2v) is 5.94. The Balaban J connectivity index is 1.81. The molecule has 0 spiro atoms. The lowest BCUT2D eigenvalue weighted by Gasteiger charge is -2.13. The first-order valence-electron chi connectivity index (χ1n) is 8.80. The van der Waals surface area contributed by atoms with Gasteiger partial charge in [-0.25, -0.2) is 4.68 Å². The average Bonchev–Trinajstić information content (AvgIpc) is 3.16. The van der Waals surface area contributed by atoms with Gasteiger partial charge in [0.15, 0.2) is 11.5 Å². The van der Waals surface area contributed by atoms with Gasteiger partial charge in [0.25, 0.3) is 5.91 Å². The van der Waals surface area contributed by atoms with Gasteiger partial charge in [0.05, 0.1) is 37.4 Å². The SMILES string of the molecule is CCc1c(C(=O)NCc2cccc(OC)c2OC)cnn1-c1ccccc1. The standard InChI is InChI=1S/C21H23N3O3/c1-4-18-17(14-23-24(18)16-10-6-5-7-11-16)21(25)22-13-15-9-8-12-19(26-2)20(15)27-3/h5-12,14H,4,13H2,1-3H3,(H,22,25). The van der Waals surface area contributed by atoms with Crippen molar-refractivity contribution in [2.24, 2.45) is 0 Å². The molecule has 2 aromatic carbocycles. The third kappa shape index (κ3) is 3.79. The molecule has 3 aromatic rings. The zero-order chi connectivity index (χ0) is 19.2. The van der Waals surface area contributed by atoms with E-state index in [0.717, 1.165) is 16.9 Å². The van der Waals surface area contributed by atoms with E-state index in [-0.39, 0.29) is 5.91 Å². The minimum Gasteiger partial charge on any atom is -0.493 e. The Hall–Kier alpha value is -3.28. The molecule has 3 rings (SSSR count). The molecule has 6 nitrogen and oxygen atoms in total. The van der Waals surface area contributed by atoms with Crippen LogP contribution in [0.4, 0.5) is 0 Å². The van der Waals surface area contributed by atoms with E-state index >= 15 is 0 Å². The van der Waals surface area contributed by atoms with Crippen molar-refractivity contribution >= 4 is 5.91 Å². The van der Waals surface area contributed by atoms with E-state index in [9.17, 15) is 4.79 Å². The van der Waals surface area contributed by atoms with Crippen LogP contribution in [0.2, 0.25) is 0 Å². The summed E-state index contributed by atoms with van der Waals surface area (Å²) in [5, 5.41) is 7.36. The van der Waals surface area contributed by atoms with E-state index in [4.69, 9.17) is 9.47 Å². The highest BCUT2D eigenvalue weighted by Gasteiger charge is 2.18. The van der Waals surface area contributed by atoms with Crippen LogP contribution in [0.5, 0.6) is 11.5 Å². The quantitative estimate of drug-likeness (QED) is 0.697. The predicted octanol–water partition coefficient (Wildman–Crippen LogP) is 3.38. The van der Waals surface area contributed by atoms with Gasteiger partial charge >= 0.3 is 0 Å². The Morgan fingerprint density at radius 2 is 1.85 bits per heavy atom. The topological polar surface area (TPSA) is 65.4 Å². The molecule has 0 saturated carbocycles. The maximum atomic E-state index is 12.8. The molecule has 1 aromatic heterocycles. The number of benzene rings is 2. The number of ether oxygens (including phenoxy) is 2. The van der Waals surface area contributed by atoms with Crippen LogP contribution in [-0.2, 0) is 13.0 Å². The van der Waals surface area contributed by atoms with Crippen molar-refractivity contribution in [2.45, 2.75) is 19.9 Å². The monoisotopic (exact) mass is 365 g/mol. The van der Waals surface area contributed by atoms with Gasteiger partial charge in [0.2, 0.25) is 0 Å². The van der Waals surface area contributed by atoms with Crippen molar-refractivity contribution in [2.75, 3.05) is 14.2 Å². The van der Waals surface area contributed by atoms with E-state index in [1.165, 1.54) is 0 Å². The fourth-order valence-corrected chi connectivity index (χ4v) is 3.06. The van der Waals surface area contributed by atoms with Crippen LogP contribution in [0.1, 0.15) is 28.5 Å². The Labute approximate surface area is 158 Å². The molecule has 1 heterocycles. The molecule has 0 fully saturated rings. The summed E-state index contributed by atoms with van der Waals surface area (Å²) >= 11 is 0. The van der Waals surface area contributed by atoms with Crippen LogP contribution in [-0.4, -0.2) is 29.9 Å². The molecule has 0 radical (unpaired) electrons. The number of aromatic nitrogens is 2. The summed E-state index contributed by atoms with van der Waals surface area (Å²) in [4.78, 5) is 12.8. The number of rotatable bonds is 7. The number of para-hydroxylation sites is 2. The number of nitrogens with zero attached hydrogens (tertiary/aromatic N) is 2. The molecule has 27 heavy (non-hydrogen) atoms. The van der Waals surface area contributed by atoms with Gasteiger partial charge in [-0.2, -0.15) is 5.10 Å². The fraction of sp³-hybridized carbons (Fsp3) is 0.238. The molecule has 0 aliphatic heterocycles. The van der Waals surface area contributed by atoms with Gasteiger partial charge < -0.3 is 14.8 Å². The van der Waals surface area contributed by atoms with E-state index < -0.39 is 0 Å². The van der Waals surface area contributed by atoms with Crippen LogP contribution in [0.15, 0.2) is 54.7 Å². The summed E-state index contributed by atoms with van der Waals surface area (Å²) in [5.41, 5.74) is 3.22. The number of hydrogen-bond acceptors (Lipinski definition) is 4. The summed E-state index contributed by atoms with van der Waals surface area (Å²) < 4.78 is 12.5. The number of carbonyl (C=O) groups excluding carboxylic acids is 1. The summed E-state index contributed by atoms with van der Waals surface area (Å²) in [6.45, 7) is 2.34. The highest BCUT2D eigenvalue weighted by atomic mass is 16.5. The zero-order valence-corrected chi connectivity index (χ0v) is 15.7. The van der Waals surface area contributed by atoms with Crippen molar-refractivity contribution in [1.82, 2.24) is 15.1 Å². The Morgan fingerprint density at radius 3 is 2.52 bits per heavy atom. The molecule has 0 atom stereocenters. The van der Waals surface area contributed by atoms with Crippen LogP contribution in [0.25, 0.3) is 5.69 Å². The number of hydrogen-bond donors (Lipinski definition) is 1. The molecule has 6 heteroatoms. The van der Waals surface area contributed by atoms with Gasteiger partial charge in [0, 0.05) is 12.1 Å². The fourth-order valence-electron chi connectivity index (χ4n) is 3.06. The minimum absolute atomic E-state index is 0.168. The second kappa shape index (κ2) is 8.40. The Bertz CT molecular complexity index is 920. The summed E-state index contributed by atoms with van der Waals surface area (Å²) in [6.07, 6.45) is 2.31. The molecule has 0 unspecified atom stereocenters. The summed E-state index contributed by atoms with van der Waals surface area (Å²) in [5.74, 6) is 1.09. The Morgan fingerprint density at radius 1 is 1.07 bits per heavy atom. The molecule has 0 aliphatic rings. The maximum absolute atomic E-state index is 12.8. The van der Waals surface area contributed by atoms with E-state index in [0.29, 0.717) is 30.0 Å². The summed E-state index contributed by atoms with van der Waals surface area (Å²) in [6, 6.07) is 15.4. The lowest BCUT2D eigenvalue weighted by Crippen LogP contribution is -2.24. The predicted molar refractivity (Wildman–Crippen MR) is 104 cm³/mol. The van der Waals surface area contributed by atoms with Gasteiger partial charge in [0.1, 0.15) is 0 Å². The van der Waals surface area contributed by atoms with Gasteiger partial charge in [-0.15, -0.1) is 0 Å². The molecule has 140 valence electrons. The highest BCUT2D eigenvalue weighted by molar-refractivity contribution is 5.95. The van der Waals surface area contributed by atoms with E-state index in [1.54, 1.807) is 25.1 Å². The highest BCUT2D eigenvalue weighted by Crippen LogP contribution is 2.30. The van der Waals surface area contributed by atoms with Crippen molar-refractivity contribution in [1.29, 1.82) is 0 Å². The van der Waals surface area contributed by atoms with E-state index in [1.807, 2.05) is 55.5 Å². The molecule has 0 saturated heterocycles. The van der Waals surface area contributed by atoms with Crippen molar-refractivity contribution in [3.63, 3.8) is 0 Å². The molecule has 1 amide bonds. The largest absolute Gasteiger partial charge is 0.493 e. The molecule has 0 aliphatic carbocycles. The maximum Gasteiger partial charge on any atom is 0.255 e. The first-order valence-corrected chi connectivity index (χ1v) is 8.80. The third-order valence-electron chi connectivity index (χ3n) is 4.37. The Kier molecular flexibility index (Phi) is 5.76. The number of carbonyl (C=O) groups is 1. The minimum atomic E-state index is -0.168. The lowest BCUT2D eigenvalue weighted by atomic mass is 10.1. The molecular weight excluding hydrogens is 342 g/mol. The average molecular weight is 365 g/mol. The number of amides is 1. The summed E-state index contributed by atoms with van der Waals surface area (Å²) in [7, 11) is 3.17. The molecule has 1 N–H and O–H groups in total. The van der Waals surface area contributed by atoms with Gasteiger partial charge in [-0.1, -0.05) is 37.3 Å².